The molecule has 2 aliphatic rings. The van der Waals surface area contributed by atoms with E-state index in [2.05, 4.69) is 57.9 Å². The highest BCUT2D eigenvalue weighted by Crippen LogP contribution is 2.20. The van der Waals surface area contributed by atoms with E-state index in [0.29, 0.717) is 49.8 Å². The number of hydrogen-bond acceptors (Lipinski definition) is 10. The minimum atomic E-state index is 0.162. The molecule has 2 aliphatic heterocycles. The lowest BCUT2D eigenvalue weighted by Gasteiger charge is -2.30. The predicted octanol–water partition coefficient (Wildman–Crippen LogP) is 1.30. The average Bonchev–Trinajstić information content (AvgIpc) is 2.77. The number of halogens is 1. The van der Waals surface area contributed by atoms with Gasteiger partial charge in [-0.3, -0.25) is 0 Å². The average molecular weight is 511 g/mol. The number of aromatic nitrogens is 3. The first kappa shape index (κ1) is 20.0. The smallest absolute Gasteiger partial charge is 0.250 e. The topological polar surface area (TPSA) is 108 Å². The van der Waals surface area contributed by atoms with Crippen molar-refractivity contribution in [3.05, 3.63) is 27.3 Å². The molecule has 0 bridgehead atoms. The Morgan fingerprint density at radius 1 is 0.966 bits per heavy atom. The molecule has 4 rings (SSSR count). The Morgan fingerprint density at radius 2 is 1.55 bits per heavy atom. The normalized spacial score (nSPS) is 17.7. The summed E-state index contributed by atoms with van der Waals surface area (Å²) >= 11 is 2.19. The molecule has 0 spiro atoms. The van der Waals surface area contributed by atoms with Crippen molar-refractivity contribution in [2.24, 2.45) is 5.10 Å². The van der Waals surface area contributed by atoms with Gasteiger partial charge in [-0.25, -0.2) is 5.43 Å². The van der Waals surface area contributed by atoms with Crippen LogP contribution >= 0.6 is 22.6 Å². The predicted molar refractivity (Wildman–Crippen MR) is 118 cm³/mol. The zero-order valence-corrected chi connectivity index (χ0v) is 17.9. The van der Waals surface area contributed by atoms with E-state index in [1.54, 1.807) is 12.3 Å². The summed E-state index contributed by atoms with van der Waals surface area (Å²) in [5.74, 6) is 1.71. The maximum Gasteiger partial charge on any atom is 0.250 e. The lowest BCUT2D eigenvalue weighted by molar-refractivity contribution is 0.121. The molecule has 1 aromatic heterocycles. The maximum atomic E-state index is 9.96. The van der Waals surface area contributed by atoms with Crippen LogP contribution in [-0.4, -0.2) is 78.9 Å². The largest absolute Gasteiger partial charge is 0.507 e. The molecular weight excluding hydrogens is 489 g/mol. The summed E-state index contributed by atoms with van der Waals surface area (Å²) in [6, 6.07) is 5.31. The number of hydrogen-bond donors (Lipinski definition) is 2. The van der Waals surface area contributed by atoms with Crippen LogP contribution in [0, 0.1) is 3.57 Å². The van der Waals surface area contributed by atoms with Crippen LogP contribution in [-0.2, 0) is 9.47 Å². The van der Waals surface area contributed by atoms with Gasteiger partial charge in [-0.1, -0.05) is 0 Å². The number of rotatable bonds is 5. The number of ether oxygens (including phenoxy) is 2. The second-order valence-corrected chi connectivity index (χ2v) is 7.78. The molecule has 0 amide bonds. The summed E-state index contributed by atoms with van der Waals surface area (Å²) in [5.41, 5.74) is 3.49. The summed E-state index contributed by atoms with van der Waals surface area (Å²) < 4.78 is 11.9. The standard InChI is InChI=1S/C18H22IN7O3/c19-14-1-2-15(27)13(11-14)12-20-24-16-21-17(25-3-7-28-8-4-25)23-18(22-16)26-5-9-29-10-6-26/h1-2,11-12,27H,3-10H2,(H,21,22,23,24). The Balaban J connectivity index is 1.57. The van der Waals surface area contributed by atoms with Crippen LogP contribution in [0.2, 0.25) is 0 Å². The number of morpholine rings is 2. The second-order valence-electron chi connectivity index (χ2n) is 6.53. The Hall–Kier alpha value is -2.25. The summed E-state index contributed by atoms with van der Waals surface area (Å²) in [4.78, 5) is 17.9. The van der Waals surface area contributed by atoms with Gasteiger partial charge in [0.05, 0.1) is 32.6 Å². The summed E-state index contributed by atoms with van der Waals surface area (Å²) in [6.07, 6.45) is 1.55. The van der Waals surface area contributed by atoms with Crippen LogP contribution in [0.25, 0.3) is 0 Å². The lowest BCUT2D eigenvalue weighted by atomic mass is 10.2. The first-order valence-corrected chi connectivity index (χ1v) is 10.5. The van der Waals surface area contributed by atoms with Gasteiger partial charge in [-0.15, -0.1) is 0 Å². The summed E-state index contributed by atoms with van der Waals surface area (Å²) in [7, 11) is 0. The van der Waals surface area contributed by atoms with Gasteiger partial charge in [0.1, 0.15) is 5.75 Å². The number of nitrogens with one attached hydrogen (secondary N) is 1. The molecule has 2 aromatic rings. The van der Waals surface area contributed by atoms with E-state index < -0.39 is 0 Å². The zero-order chi connectivity index (χ0) is 20.1. The van der Waals surface area contributed by atoms with Crippen LogP contribution in [0.4, 0.5) is 17.8 Å². The maximum absolute atomic E-state index is 9.96. The summed E-state index contributed by atoms with van der Waals surface area (Å²) in [6.45, 7) is 5.49. The molecule has 11 heteroatoms. The van der Waals surface area contributed by atoms with Crippen molar-refractivity contribution in [2.45, 2.75) is 0 Å². The minimum Gasteiger partial charge on any atom is -0.507 e. The minimum absolute atomic E-state index is 0.162. The molecule has 154 valence electrons. The van der Waals surface area contributed by atoms with Gasteiger partial charge in [-0.2, -0.15) is 20.1 Å². The highest BCUT2D eigenvalue weighted by atomic mass is 127. The molecule has 0 radical (unpaired) electrons. The molecule has 3 heterocycles. The van der Waals surface area contributed by atoms with Gasteiger partial charge in [0.2, 0.25) is 17.8 Å². The van der Waals surface area contributed by atoms with Crippen molar-refractivity contribution >= 4 is 46.7 Å². The molecule has 2 fully saturated rings. The molecule has 0 saturated carbocycles. The van der Waals surface area contributed by atoms with E-state index >= 15 is 0 Å². The Bertz CT molecular complexity index is 834. The number of hydrazone groups is 1. The fraction of sp³-hybridized carbons (Fsp3) is 0.444. The molecule has 10 nitrogen and oxygen atoms in total. The quantitative estimate of drug-likeness (QED) is 0.349. The van der Waals surface area contributed by atoms with Gasteiger partial charge in [-0.05, 0) is 40.8 Å². The van der Waals surface area contributed by atoms with Gasteiger partial charge in [0.25, 0.3) is 0 Å². The third-order valence-electron chi connectivity index (χ3n) is 4.56. The molecule has 0 atom stereocenters. The number of benzene rings is 1. The van der Waals surface area contributed by atoms with Crippen LogP contribution in [0.1, 0.15) is 5.56 Å². The SMILES string of the molecule is Oc1ccc(I)cc1C=NNc1nc(N2CCOCC2)nc(N2CCOCC2)n1. The molecular formula is C18H22IN7O3. The molecule has 0 unspecified atom stereocenters. The fourth-order valence-corrected chi connectivity index (χ4v) is 3.52. The van der Waals surface area contributed by atoms with E-state index in [9.17, 15) is 5.11 Å². The van der Waals surface area contributed by atoms with Gasteiger partial charge in [0, 0.05) is 35.3 Å². The van der Waals surface area contributed by atoms with Gasteiger partial charge < -0.3 is 24.4 Å². The van der Waals surface area contributed by atoms with E-state index in [4.69, 9.17) is 9.47 Å². The van der Waals surface area contributed by atoms with E-state index in [1.165, 1.54) is 0 Å². The fourth-order valence-electron chi connectivity index (χ4n) is 3.00. The molecule has 1 aromatic carbocycles. The molecule has 29 heavy (non-hydrogen) atoms. The molecule has 2 N–H and O–H groups in total. The van der Waals surface area contributed by atoms with Crippen LogP contribution in [0.15, 0.2) is 23.3 Å². The third-order valence-corrected chi connectivity index (χ3v) is 5.23. The lowest BCUT2D eigenvalue weighted by Crippen LogP contribution is -2.40. The number of aromatic hydroxyl groups is 1. The number of phenols is 1. The summed E-state index contributed by atoms with van der Waals surface area (Å²) in [5, 5.41) is 14.2. The number of nitrogens with zero attached hydrogens (tertiary/aromatic N) is 6. The van der Waals surface area contributed by atoms with Crippen LogP contribution in [0.5, 0.6) is 5.75 Å². The Morgan fingerprint density at radius 3 is 2.14 bits per heavy atom. The van der Waals surface area contributed by atoms with Gasteiger partial charge in [0.15, 0.2) is 0 Å². The van der Waals surface area contributed by atoms with Crippen LogP contribution < -0.4 is 15.2 Å². The first-order valence-electron chi connectivity index (χ1n) is 9.38. The third kappa shape index (κ3) is 5.22. The monoisotopic (exact) mass is 511 g/mol. The zero-order valence-electron chi connectivity index (χ0n) is 15.8. The molecule has 0 aliphatic carbocycles. The number of phenolic OH excluding ortho intramolecular Hbond substituents is 1. The van der Waals surface area contributed by atoms with Crippen LogP contribution in [0.3, 0.4) is 0 Å². The molecule has 2 saturated heterocycles. The van der Waals surface area contributed by atoms with Crippen molar-refractivity contribution in [2.75, 3.05) is 67.8 Å². The number of anilines is 3. The van der Waals surface area contributed by atoms with Crippen molar-refractivity contribution in [3.8, 4) is 5.75 Å². The van der Waals surface area contributed by atoms with Gasteiger partial charge >= 0.3 is 0 Å². The van der Waals surface area contributed by atoms with Crippen molar-refractivity contribution in [1.29, 1.82) is 0 Å². The second kappa shape index (κ2) is 9.50. The van der Waals surface area contributed by atoms with E-state index in [1.807, 2.05) is 12.1 Å². The van der Waals surface area contributed by atoms with E-state index in [-0.39, 0.29) is 5.75 Å². The highest BCUT2D eigenvalue weighted by molar-refractivity contribution is 14.1. The Labute approximate surface area is 182 Å². The first-order chi connectivity index (χ1) is 14.2. The Kier molecular flexibility index (Phi) is 6.56. The van der Waals surface area contributed by atoms with E-state index in [0.717, 1.165) is 29.7 Å². The van der Waals surface area contributed by atoms with Crippen molar-refractivity contribution in [3.63, 3.8) is 0 Å². The van der Waals surface area contributed by atoms with Crippen molar-refractivity contribution < 1.29 is 14.6 Å². The van der Waals surface area contributed by atoms with Crippen molar-refractivity contribution in [1.82, 2.24) is 15.0 Å². The highest BCUT2D eigenvalue weighted by Gasteiger charge is 2.20.